The number of carbonyl (C=O) groups is 4. The van der Waals surface area contributed by atoms with E-state index in [4.69, 9.17) is 9.47 Å². The predicted octanol–water partition coefficient (Wildman–Crippen LogP) is 0.663. The smallest absolute Gasteiger partial charge is 0.408 e. The molecule has 2 amide bonds. The summed E-state index contributed by atoms with van der Waals surface area (Å²) in [6.45, 7) is 4.16. The van der Waals surface area contributed by atoms with Gasteiger partial charge in [0.1, 0.15) is 18.2 Å². The summed E-state index contributed by atoms with van der Waals surface area (Å²) in [5, 5.41) is 13.8. The summed E-state index contributed by atoms with van der Waals surface area (Å²) in [6.07, 6.45) is -1.45. The minimum absolute atomic E-state index is 0.0120. The zero-order chi connectivity index (χ0) is 22.7. The van der Waals surface area contributed by atoms with Crippen molar-refractivity contribution in [1.29, 1.82) is 0 Å². The molecule has 10 heteroatoms. The van der Waals surface area contributed by atoms with Crippen molar-refractivity contribution in [3.63, 3.8) is 0 Å². The molecule has 0 heterocycles. The van der Waals surface area contributed by atoms with Gasteiger partial charge in [-0.1, -0.05) is 30.3 Å². The Balaban J connectivity index is 2.82. The number of methoxy groups -OCH3 is 1. The van der Waals surface area contributed by atoms with Crippen molar-refractivity contribution in [3.05, 3.63) is 35.9 Å². The Bertz CT molecular complexity index is 730. The summed E-state index contributed by atoms with van der Waals surface area (Å²) in [7, 11) is 1.09. The number of amides is 2. The van der Waals surface area contributed by atoms with Crippen LogP contribution in [-0.2, 0) is 35.2 Å². The highest BCUT2D eigenvalue weighted by Crippen LogP contribution is 2.08. The van der Waals surface area contributed by atoms with Crippen molar-refractivity contribution in [2.45, 2.75) is 51.5 Å². The molecule has 3 N–H and O–H groups in total. The van der Waals surface area contributed by atoms with Crippen LogP contribution in [0.4, 0.5) is 4.79 Å². The zero-order valence-electron chi connectivity index (χ0n) is 17.5. The van der Waals surface area contributed by atoms with Crippen molar-refractivity contribution in [1.82, 2.24) is 10.6 Å². The summed E-state index contributed by atoms with van der Waals surface area (Å²) >= 11 is 0. The molecule has 166 valence electrons. The third kappa shape index (κ3) is 9.37. The molecule has 0 aliphatic carbocycles. The van der Waals surface area contributed by atoms with Crippen LogP contribution in [0.2, 0.25) is 0 Å². The summed E-state index contributed by atoms with van der Waals surface area (Å²) < 4.78 is 14.7. The van der Waals surface area contributed by atoms with E-state index in [0.717, 1.165) is 12.7 Å². The third-order valence-electron chi connectivity index (χ3n) is 3.61. The summed E-state index contributed by atoms with van der Waals surface area (Å²) in [6, 6.07) is 6.15. The van der Waals surface area contributed by atoms with Gasteiger partial charge in [0.15, 0.2) is 6.04 Å². The van der Waals surface area contributed by atoms with E-state index >= 15 is 0 Å². The predicted molar refractivity (Wildman–Crippen MR) is 105 cm³/mol. The average Bonchev–Trinajstić information content (AvgIpc) is 2.68. The van der Waals surface area contributed by atoms with E-state index in [1.54, 1.807) is 45.0 Å². The highest BCUT2D eigenvalue weighted by atomic mass is 16.6. The van der Waals surface area contributed by atoms with Gasteiger partial charge in [0.05, 0.1) is 20.1 Å². The lowest BCUT2D eigenvalue weighted by Gasteiger charge is -2.24. The maximum absolute atomic E-state index is 12.5. The molecule has 0 aliphatic rings. The molecule has 0 saturated heterocycles. The molecule has 30 heavy (non-hydrogen) atoms. The van der Waals surface area contributed by atoms with Crippen LogP contribution in [0, 0.1) is 0 Å². The number of ether oxygens (including phenoxy) is 3. The second-order valence-electron chi connectivity index (χ2n) is 7.32. The maximum atomic E-state index is 12.5. The number of alkyl carbamates (subject to hydrolysis) is 1. The van der Waals surface area contributed by atoms with Gasteiger partial charge in [-0.2, -0.15) is 0 Å². The summed E-state index contributed by atoms with van der Waals surface area (Å²) in [4.78, 5) is 48.4. The molecule has 0 aromatic heterocycles. The van der Waals surface area contributed by atoms with Crippen LogP contribution in [0.3, 0.4) is 0 Å². The molecule has 1 aromatic rings. The molecule has 0 saturated carbocycles. The topological polar surface area (TPSA) is 140 Å². The second-order valence-corrected chi connectivity index (χ2v) is 7.32. The molecule has 1 aromatic carbocycles. The first-order valence-corrected chi connectivity index (χ1v) is 9.24. The van der Waals surface area contributed by atoms with Crippen LogP contribution in [0.1, 0.15) is 32.8 Å². The van der Waals surface area contributed by atoms with Gasteiger partial charge in [-0.05, 0) is 26.3 Å². The number of nitrogens with one attached hydrogen (secondary N) is 2. The number of esters is 2. The van der Waals surface area contributed by atoms with Gasteiger partial charge >= 0.3 is 18.0 Å². The lowest BCUT2D eigenvalue weighted by Crippen LogP contribution is -2.54. The molecule has 0 spiro atoms. The molecule has 0 fully saturated rings. The first kappa shape index (κ1) is 24.9. The number of carbonyl (C=O) groups excluding carboxylic acids is 4. The average molecular weight is 424 g/mol. The minimum Gasteiger partial charge on any atom is -0.467 e. The van der Waals surface area contributed by atoms with Crippen LogP contribution in [-0.4, -0.2) is 60.4 Å². The quantitative estimate of drug-likeness (QED) is 0.388. The van der Waals surface area contributed by atoms with E-state index in [2.05, 4.69) is 15.4 Å². The fraction of sp³-hybridized carbons (Fsp3) is 0.500. The standard InChI is InChI=1S/C20H28N2O8/c1-20(2,3)30-19(27)22-14(17(25)21-15(11-23)18(26)28-4)10-16(24)29-12-13-8-6-5-7-9-13/h5-9,14-15,23H,10-12H2,1-4H3,(H,21,25)(H,22,27). The fourth-order valence-corrected chi connectivity index (χ4v) is 2.22. The van der Waals surface area contributed by atoms with Crippen molar-refractivity contribution >= 4 is 23.9 Å². The minimum atomic E-state index is -1.40. The molecular formula is C20H28N2O8. The highest BCUT2D eigenvalue weighted by Gasteiger charge is 2.30. The van der Waals surface area contributed by atoms with Gasteiger partial charge in [0.2, 0.25) is 5.91 Å². The Hall–Kier alpha value is -3.14. The number of benzene rings is 1. The van der Waals surface area contributed by atoms with Crippen molar-refractivity contribution in [3.8, 4) is 0 Å². The molecule has 0 aliphatic heterocycles. The molecule has 2 atom stereocenters. The first-order valence-electron chi connectivity index (χ1n) is 9.24. The summed E-state index contributed by atoms with van der Waals surface area (Å²) in [5.74, 6) is -2.52. The van der Waals surface area contributed by atoms with Gasteiger partial charge in [0, 0.05) is 0 Å². The fourth-order valence-electron chi connectivity index (χ4n) is 2.22. The number of aliphatic hydroxyl groups is 1. The van der Waals surface area contributed by atoms with Crippen molar-refractivity contribution < 1.29 is 38.5 Å². The van der Waals surface area contributed by atoms with Crippen LogP contribution < -0.4 is 10.6 Å². The van der Waals surface area contributed by atoms with E-state index in [-0.39, 0.29) is 6.61 Å². The zero-order valence-corrected chi connectivity index (χ0v) is 17.5. The number of hydrogen-bond donors (Lipinski definition) is 3. The first-order chi connectivity index (χ1) is 14.1. The van der Waals surface area contributed by atoms with Gasteiger partial charge in [-0.3, -0.25) is 9.59 Å². The van der Waals surface area contributed by atoms with Crippen LogP contribution in [0.25, 0.3) is 0 Å². The Morgan fingerprint density at radius 2 is 1.67 bits per heavy atom. The Labute approximate surface area is 174 Å². The van der Waals surface area contributed by atoms with Gasteiger partial charge < -0.3 is 30.0 Å². The lowest BCUT2D eigenvalue weighted by atomic mass is 10.1. The van der Waals surface area contributed by atoms with Crippen LogP contribution >= 0.6 is 0 Å². The van der Waals surface area contributed by atoms with E-state index in [1.807, 2.05) is 6.07 Å². The Morgan fingerprint density at radius 3 is 2.20 bits per heavy atom. The van der Waals surface area contributed by atoms with E-state index < -0.39 is 54.7 Å². The van der Waals surface area contributed by atoms with E-state index in [9.17, 15) is 24.3 Å². The van der Waals surface area contributed by atoms with Crippen molar-refractivity contribution in [2.24, 2.45) is 0 Å². The summed E-state index contributed by atoms with van der Waals surface area (Å²) in [5.41, 5.74) is -0.0866. The molecule has 1 rings (SSSR count). The number of aliphatic hydroxyl groups excluding tert-OH is 1. The van der Waals surface area contributed by atoms with Crippen LogP contribution in [0.5, 0.6) is 0 Å². The molecule has 0 radical (unpaired) electrons. The third-order valence-corrected chi connectivity index (χ3v) is 3.61. The Kier molecular flexibility index (Phi) is 9.76. The van der Waals surface area contributed by atoms with Gasteiger partial charge in [0.25, 0.3) is 0 Å². The number of hydrogen-bond acceptors (Lipinski definition) is 8. The second kappa shape index (κ2) is 11.8. The monoisotopic (exact) mass is 424 g/mol. The number of rotatable bonds is 9. The van der Waals surface area contributed by atoms with E-state index in [1.165, 1.54) is 0 Å². The van der Waals surface area contributed by atoms with Gasteiger partial charge in [-0.25, -0.2) is 9.59 Å². The molecule has 10 nitrogen and oxygen atoms in total. The normalized spacial score (nSPS) is 12.8. The van der Waals surface area contributed by atoms with Gasteiger partial charge in [-0.15, -0.1) is 0 Å². The van der Waals surface area contributed by atoms with E-state index in [0.29, 0.717) is 0 Å². The maximum Gasteiger partial charge on any atom is 0.408 e. The SMILES string of the molecule is COC(=O)C(CO)NC(=O)C(CC(=O)OCc1ccccc1)NC(=O)OC(C)(C)C. The largest absolute Gasteiger partial charge is 0.467 e. The Morgan fingerprint density at radius 1 is 1.03 bits per heavy atom. The van der Waals surface area contributed by atoms with Crippen molar-refractivity contribution in [2.75, 3.05) is 13.7 Å². The molecule has 0 bridgehead atoms. The molecule has 2 unspecified atom stereocenters. The molecular weight excluding hydrogens is 396 g/mol. The van der Waals surface area contributed by atoms with Crippen LogP contribution in [0.15, 0.2) is 30.3 Å². The highest BCUT2D eigenvalue weighted by molar-refractivity contribution is 5.92. The lowest BCUT2D eigenvalue weighted by molar-refractivity contribution is -0.148.